The van der Waals surface area contributed by atoms with E-state index in [0.717, 1.165) is 5.56 Å². The molecule has 4 heteroatoms. The van der Waals surface area contributed by atoms with Gasteiger partial charge in [-0.25, -0.2) is 8.78 Å². The number of aryl methyl sites for hydroxylation is 2. The summed E-state index contributed by atoms with van der Waals surface area (Å²) in [6.45, 7) is 3.50. The number of nitrogens with one attached hydrogen (secondary N) is 1. The molecule has 0 atom stereocenters. The van der Waals surface area contributed by atoms with Crippen LogP contribution in [0.15, 0.2) is 30.3 Å². The maximum Gasteiger partial charge on any atom is 0.146 e. The maximum atomic E-state index is 13.6. The van der Waals surface area contributed by atoms with Gasteiger partial charge in [0, 0.05) is 0 Å². The molecular weight excluding hydrogens is 234 g/mol. The van der Waals surface area contributed by atoms with Gasteiger partial charge in [-0.05, 0) is 49.2 Å². The van der Waals surface area contributed by atoms with Crippen LogP contribution in [0.2, 0.25) is 0 Å². The second-order valence-electron chi connectivity index (χ2n) is 4.30. The highest BCUT2D eigenvalue weighted by atomic mass is 19.1. The smallest absolute Gasteiger partial charge is 0.146 e. The molecule has 0 saturated heterocycles. The Balaban J connectivity index is 2.40. The molecule has 0 aliphatic carbocycles. The minimum Gasteiger partial charge on any atom is -0.397 e. The number of anilines is 3. The van der Waals surface area contributed by atoms with Crippen molar-refractivity contribution in [3.63, 3.8) is 0 Å². The molecule has 2 aromatic carbocycles. The fraction of sp³-hybridized carbons (Fsp3) is 0.143. The SMILES string of the molecule is Cc1ccc(F)c(Nc2cc(C)c(F)cc2N)c1. The van der Waals surface area contributed by atoms with E-state index in [0.29, 0.717) is 16.9 Å². The van der Waals surface area contributed by atoms with Gasteiger partial charge in [0.05, 0.1) is 17.1 Å². The van der Waals surface area contributed by atoms with E-state index < -0.39 is 0 Å². The van der Waals surface area contributed by atoms with E-state index in [1.165, 1.54) is 12.1 Å². The largest absolute Gasteiger partial charge is 0.397 e. The molecule has 0 fully saturated rings. The molecule has 2 rings (SSSR count). The Morgan fingerprint density at radius 2 is 1.67 bits per heavy atom. The molecule has 2 nitrogen and oxygen atoms in total. The average Bonchev–Trinajstić information content (AvgIpc) is 2.30. The lowest BCUT2D eigenvalue weighted by Crippen LogP contribution is -2.00. The molecule has 18 heavy (non-hydrogen) atoms. The maximum absolute atomic E-state index is 13.6. The van der Waals surface area contributed by atoms with E-state index in [9.17, 15) is 8.78 Å². The van der Waals surface area contributed by atoms with Crippen molar-refractivity contribution in [1.82, 2.24) is 0 Å². The Kier molecular flexibility index (Phi) is 3.19. The zero-order valence-corrected chi connectivity index (χ0v) is 10.2. The van der Waals surface area contributed by atoms with Crippen molar-refractivity contribution in [2.24, 2.45) is 0 Å². The molecule has 0 bridgehead atoms. The van der Waals surface area contributed by atoms with Gasteiger partial charge in [0.15, 0.2) is 0 Å². The van der Waals surface area contributed by atoms with Gasteiger partial charge in [0.25, 0.3) is 0 Å². The molecular formula is C14H14F2N2. The van der Waals surface area contributed by atoms with Gasteiger partial charge in [-0.15, -0.1) is 0 Å². The van der Waals surface area contributed by atoms with Crippen LogP contribution in [0.5, 0.6) is 0 Å². The highest BCUT2D eigenvalue weighted by Gasteiger charge is 2.08. The third kappa shape index (κ3) is 2.42. The van der Waals surface area contributed by atoms with Crippen LogP contribution in [0.25, 0.3) is 0 Å². The van der Waals surface area contributed by atoms with Crippen LogP contribution < -0.4 is 11.1 Å². The Morgan fingerprint density at radius 1 is 0.944 bits per heavy atom. The molecule has 0 amide bonds. The van der Waals surface area contributed by atoms with Crippen LogP contribution in [-0.4, -0.2) is 0 Å². The molecule has 0 saturated carbocycles. The Hall–Kier alpha value is -2.10. The minimum atomic E-state index is -0.373. The third-order valence-electron chi connectivity index (χ3n) is 2.72. The molecule has 0 aliphatic rings. The Bertz CT molecular complexity index is 595. The van der Waals surface area contributed by atoms with Crippen LogP contribution in [-0.2, 0) is 0 Å². The summed E-state index contributed by atoms with van der Waals surface area (Å²) in [5.74, 6) is -0.746. The van der Waals surface area contributed by atoms with Crippen molar-refractivity contribution in [2.75, 3.05) is 11.1 Å². The van der Waals surface area contributed by atoms with Crippen molar-refractivity contribution in [2.45, 2.75) is 13.8 Å². The Labute approximate surface area is 104 Å². The first-order valence-corrected chi connectivity index (χ1v) is 5.56. The normalized spacial score (nSPS) is 10.4. The van der Waals surface area contributed by atoms with E-state index in [1.807, 2.05) is 6.92 Å². The predicted molar refractivity (Wildman–Crippen MR) is 70.0 cm³/mol. The molecule has 2 aromatic rings. The van der Waals surface area contributed by atoms with Gasteiger partial charge in [-0.1, -0.05) is 6.07 Å². The minimum absolute atomic E-state index is 0.249. The number of hydrogen-bond acceptors (Lipinski definition) is 2. The van der Waals surface area contributed by atoms with E-state index in [2.05, 4.69) is 5.32 Å². The first-order chi connectivity index (χ1) is 8.47. The number of nitrogen functional groups attached to an aromatic ring is 1. The second kappa shape index (κ2) is 4.64. The van der Waals surface area contributed by atoms with Crippen molar-refractivity contribution in [1.29, 1.82) is 0 Å². The molecule has 0 aromatic heterocycles. The molecule has 0 unspecified atom stereocenters. The monoisotopic (exact) mass is 248 g/mol. The lowest BCUT2D eigenvalue weighted by Gasteiger charge is -2.12. The summed E-state index contributed by atoms with van der Waals surface area (Å²) in [6, 6.07) is 7.52. The lowest BCUT2D eigenvalue weighted by atomic mass is 10.1. The number of benzene rings is 2. The number of rotatable bonds is 2. The number of hydrogen-bond donors (Lipinski definition) is 2. The van der Waals surface area contributed by atoms with Gasteiger partial charge in [-0.2, -0.15) is 0 Å². The standard InChI is InChI=1S/C14H14F2N2/c1-8-3-4-10(15)13(5-8)18-14-6-9(2)11(16)7-12(14)17/h3-7,18H,17H2,1-2H3. The van der Waals surface area contributed by atoms with E-state index >= 15 is 0 Å². The highest BCUT2D eigenvalue weighted by Crippen LogP contribution is 2.27. The van der Waals surface area contributed by atoms with Crippen molar-refractivity contribution >= 4 is 17.1 Å². The summed E-state index contributed by atoms with van der Waals surface area (Å²) >= 11 is 0. The second-order valence-corrected chi connectivity index (χ2v) is 4.30. The van der Waals surface area contributed by atoms with Crippen LogP contribution >= 0.6 is 0 Å². The summed E-state index contributed by atoms with van der Waals surface area (Å²) < 4.78 is 26.8. The van der Waals surface area contributed by atoms with Gasteiger partial charge in [-0.3, -0.25) is 0 Å². The molecule has 0 heterocycles. The number of nitrogens with two attached hydrogens (primary N) is 1. The molecule has 3 N–H and O–H groups in total. The van der Waals surface area contributed by atoms with Crippen LogP contribution in [0.3, 0.4) is 0 Å². The summed E-state index contributed by atoms with van der Waals surface area (Å²) in [4.78, 5) is 0. The van der Waals surface area contributed by atoms with Gasteiger partial charge in [0.2, 0.25) is 0 Å². The first kappa shape index (κ1) is 12.4. The van der Waals surface area contributed by atoms with E-state index in [-0.39, 0.29) is 17.3 Å². The van der Waals surface area contributed by atoms with Gasteiger partial charge in [0.1, 0.15) is 11.6 Å². The average molecular weight is 248 g/mol. The summed E-state index contributed by atoms with van der Waals surface area (Å²) in [5.41, 5.74) is 8.16. The molecule has 0 spiro atoms. The quantitative estimate of drug-likeness (QED) is 0.791. The van der Waals surface area contributed by atoms with E-state index in [1.54, 1.807) is 25.1 Å². The van der Waals surface area contributed by atoms with E-state index in [4.69, 9.17) is 5.73 Å². The third-order valence-corrected chi connectivity index (χ3v) is 2.72. The zero-order valence-electron chi connectivity index (χ0n) is 10.2. The fourth-order valence-electron chi connectivity index (χ4n) is 1.69. The summed E-state index contributed by atoms with van der Waals surface area (Å²) in [7, 11) is 0. The van der Waals surface area contributed by atoms with Crippen molar-refractivity contribution < 1.29 is 8.78 Å². The topological polar surface area (TPSA) is 38.0 Å². The zero-order chi connectivity index (χ0) is 13.3. The fourth-order valence-corrected chi connectivity index (χ4v) is 1.69. The van der Waals surface area contributed by atoms with Crippen LogP contribution in [0.4, 0.5) is 25.8 Å². The first-order valence-electron chi connectivity index (χ1n) is 5.56. The van der Waals surface area contributed by atoms with Gasteiger partial charge >= 0.3 is 0 Å². The molecule has 0 radical (unpaired) electrons. The number of halogens is 2. The summed E-state index contributed by atoms with van der Waals surface area (Å²) in [6.07, 6.45) is 0. The molecule has 94 valence electrons. The van der Waals surface area contributed by atoms with Crippen molar-refractivity contribution in [3.05, 3.63) is 53.1 Å². The lowest BCUT2D eigenvalue weighted by molar-refractivity contribution is 0.619. The molecule has 0 aliphatic heterocycles. The van der Waals surface area contributed by atoms with Crippen LogP contribution in [0, 0.1) is 25.5 Å². The van der Waals surface area contributed by atoms with Crippen LogP contribution in [0.1, 0.15) is 11.1 Å². The highest BCUT2D eigenvalue weighted by molar-refractivity contribution is 5.73. The Morgan fingerprint density at radius 3 is 2.39 bits per heavy atom. The van der Waals surface area contributed by atoms with Crippen molar-refractivity contribution in [3.8, 4) is 0 Å². The predicted octanol–water partition coefficient (Wildman–Crippen LogP) is 3.91. The van der Waals surface area contributed by atoms with Gasteiger partial charge < -0.3 is 11.1 Å². The summed E-state index contributed by atoms with van der Waals surface area (Å²) in [5, 5.41) is 2.88.